The summed E-state index contributed by atoms with van der Waals surface area (Å²) in [5.41, 5.74) is -0.343. The molecule has 0 aliphatic carbocycles. The molecule has 154 valence electrons. The summed E-state index contributed by atoms with van der Waals surface area (Å²) >= 11 is 4.87. The second-order valence-corrected chi connectivity index (χ2v) is 7.53. The fourth-order valence-electron chi connectivity index (χ4n) is 2.47. The third-order valence-corrected chi connectivity index (χ3v) is 4.12. The molecular weight excluding hydrogens is 389 g/mol. The summed E-state index contributed by atoms with van der Waals surface area (Å²) in [6, 6.07) is 4.12. The van der Waals surface area contributed by atoms with Crippen LogP contribution in [0.25, 0.3) is 0 Å². The molecule has 28 heavy (non-hydrogen) atoms. The minimum absolute atomic E-state index is 0.0363. The van der Waals surface area contributed by atoms with Gasteiger partial charge in [0.15, 0.2) is 0 Å². The Labute approximate surface area is 168 Å². The molecule has 1 aliphatic rings. The zero-order valence-corrected chi connectivity index (χ0v) is 17.3. The number of nitrogens with one attached hydrogen (secondary N) is 1. The van der Waals surface area contributed by atoms with Gasteiger partial charge in [-0.2, -0.15) is 0 Å². The van der Waals surface area contributed by atoms with Crippen molar-refractivity contribution in [1.29, 1.82) is 0 Å². The Hall–Kier alpha value is -2.62. The van der Waals surface area contributed by atoms with Crippen LogP contribution in [0.2, 0.25) is 0 Å². The van der Waals surface area contributed by atoms with Gasteiger partial charge in [0.1, 0.15) is 17.5 Å². The Morgan fingerprint density at radius 3 is 2.71 bits per heavy atom. The maximum atomic E-state index is 14.6. The minimum Gasteiger partial charge on any atom is -0.474 e. The number of thiocarbonyl (C=S) groups is 1. The van der Waals surface area contributed by atoms with E-state index < -0.39 is 29.7 Å². The van der Waals surface area contributed by atoms with Crippen LogP contribution in [0.15, 0.2) is 18.2 Å². The van der Waals surface area contributed by atoms with Crippen molar-refractivity contribution in [3.8, 4) is 0 Å². The molecule has 0 radical (unpaired) electrons. The van der Waals surface area contributed by atoms with Crippen molar-refractivity contribution in [2.24, 2.45) is 0 Å². The van der Waals surface area contributed by atoms with Gasteiger partial charge in [0.25, 0.3) is 5.17 Å². The van der Waals surface area contributed by atoms with Crippen molar-refractivity contribution in [3.05, 3.63) is 24.0 Å². The number of carbonyl (C=O) groups is 2. The smallest absolute Gasteiger partial charge is 0.414 e. The van der Waals surface area contributed by atoms with E-state index in [2.05, 4.69) is 5.32 Å². The molecule has 1 fully saturated rings. The van der Waals surface area contributed by atoms with Gasteiger partial charge in [-0.3, -0.25) is 9.80 Å². The fraction of sp³-hybridized carbons (Fsp3) is 0.500. The van der Waals surface area contributed by atoms with Crippen LogP contribution in [0.3, 0.4) is 0 Å². The number of cyclic esters (lactones) is 1. The predicted molar refractivity (Wildman–Crippen MR) is 106 cm³/mol. The number of anilines is 2. The van der Waals surface area contributed by atoms with Crippen LogP contribution in [-0.4, -0.2) is 56.3 Å². The van der Waals surface area contributed by atoms with Crippen molar-refractivity contribution in [3.63, 3.8) is 0 Å². The molecule has 1 atom stereocenters. The third kappa shape index (κ3) is 5.44. The first kappa shape index (κ1) is 21.7. The molecule has 1 aliphatic heterocycles. The molecule has 2 amide bonds. The Morgan fingerprint density at radius 1 is 1.46 bits per heavy atom. The van der Waals surface area contributed by atoms with E-state index in [4.69, 9.17) is 26.4 Å². The highest BCUT2D eigenvalue weighted by molar-refractivity contribution is 7.80. The summed E-state index contributed by atoms with van der Waals surface area (Å²) in [6.45, 7) is 5.67. The molecule has 10 heteroatoms. The molecule has 0 aromatic heterocycles. The van der Waals surface area contributed by atoms with Crippen LogP contribution in [0.4, 0.5) is 25.4 Å². The average molecular weight is 413 g/mol. The van der Waals surface area contributed by atoms with Gasteiger partial charge in [-0.05, 0) is 51.2 Å². The molecule has 0 bridgehead atoms. The average Bonchev–Trinajstić information content (AvgIpc) is 2.98. The van der Waals surface area contributed by atoms with E-state index >= 15 is 0 Å². The van der Waals surface area contributed by atoms with E-state index in [0.29, 0.717) is 5.69 Å². The molecule has 0 saturated carbocycles. The highest BCUT2D eigenvalue weighted by Crippen LogP contribution is 2.28. The lowest BCUT2D eigenvalue weighted by Gasteiger charge is -2.25. The van der Waals surface area contributed by atoms with Crippen molar-refractivity contribution in [1.82, 2.24) is 5.32 Å². The summed E-state index contributed by atoms with van der Waals surface area (Å²) in [5.74, 6) is -0.666. The lowest BCUT2D eigenvalue weighted by molar-refractivity contribution is 0.0588. The molecule has 2 rings (SSSR count). The van der Waals surface area contributed by atoms with Crippen LogP contribution in [-0.2, 0) is 14.2 Å². The van der Waals surface area contributed by atoms with Crippen molar-refractivity contribution in [2.75, 3.05) is 37.0 Å². The van der Waals surface area contributed by atoms with Gasteiger partial charge in [-0.1, -0.05) is 0 Å². The zero-order chi connectivity index (χ0) is 21.1. The maximum absolute atomic E-state index is 14.6. The summed E-state index contributed by atoms with van der Waals surface area (Å²) in [4.78, 5) is 26.6. The minimum atomic E-state index is -0.699. The van der Waals surface area contributed by atoms with E-state index in [0.717, 1.165) is 4.90 Å². The normalized spacial score (nSPS) is 16.4. The summed E-state index contributed by atoms with van der Waals surface area (Å²) in [5, 5.41) is 3.00. The Kier molecular flexibility index (Phi) is 6.65. The highest BCUT2D eigenvalue weighted by atomic mass is 32.1. The first-order valence-corrected chi connectivity index (χ1v) is 8.99. The monoisotopic (exact) mass is 413 g/mol. The molecule has 1 heterocycles. The first-order chi connectivity index (χ1) is 13.0. The number of hydrogen-bond acceptors (Lipinski definition) is 6. The number of methoxy groups -OCH3 is 1. The quantitative estimate of drug-likeness (QED) is 0.760. The zero-order valence-electron chi connectivity index (χ0n) is 16.4. The fourth-order valence-corrected chi connectivity index (χ4v) is 2.56. The van der Waals surface area contributed by atoms with Crippen LogP contribution in [0.1, 0.15) is 20.8 Å². The predicted octanol–water partition coefficient (Wildman–Crippen LogP) is 3.04. The van der Waals surface area contributed by atoms with Crippen molar-refractivity contribution >= 4 is 41.0 Å². The molecule has 8 nitrogen and oxygen atoms in total. The van der Waals surface area contributed by atoms with Gasteiger partial charge < -0.3 is 19.5 Å². The maximum Gasteiger partial charge on any atom is 0.414 e. The van der Waals surface area contributed by atoms with Crippen molar-refractivity contribution < 1.29 is 28.2 Å². The van der Waals surface area contributed by atoms with Gasteiger partial charge in [0, 0.05) is 7.05 Å². The van der Waals surface area contributed by atoms with Crippen LogP contribution in [0, 0.1) is 5.82 Å². The number of hydrogen-bond donors (Lipinski definition) is 1. The van der Waals surface area contributed by atoms with E-state index in [9.17, 15) is 14.0 Å². The number of amides is 2. The van der Waals surface area contributed by atoms with Gasteiger partial charge >= 0.3 is 12.2 Å². The van der Waals surface area contributed by atoms with Gasteiger partial charge in [-0.15, -0.1) is 0 Å². The van der Waals surface area contributed by atoms with Gasteiger partial charge in [0.2, 0.25) is 0 Å². The molecule has 0 unspecified atom stereocenters. The van der Waals surface area contributed by atoms with Crippen LogP contribution >= 0.6 is 12.2 Å². The van der Waals surface area contributed by atoms with E-state index in [1.807, 2.05) is 0 Å². The van der Waals surface area contributed by atoms with E-state index in [-0.39, 0.29) is 24.0 Å². The molecule has 0 spiro atoms. The van der Waals surface area contributed by atoms with Crippen LogP contribution in [0.5, 0.6) is 0 Å². The van der Waals surface area contributed by atoms with Gasteiger partial charge in [0.05, 0.1) is 31.6 Å². The number of halogens is 1. The Bertz CT molecular complexity index is 768. The lowest BCUT2D eigenvalue weighted by Crippen LogP contribution is -2.35. The largest absolute Gasteiger partial charge is 0.474 e. The molecule has 1 N–H and O–H groups in total. The highest BCUT2D eigenvalue weighted by Gasteiger charge is 2.33. The molecule has 1 saturated heterocycles. The number of nitrogens with zero attached hydrogens (tertiary/aromatic N) is 2. The number of carbonyl (C=O) groups excluding carboxylic acids is 2. The number of benzene rings is 1. The van der Waals surface area contributed by atoms with E-state index in [1.165, 1.54) is 37.3 Å². The van der Waals surface area contributed by atoms with Crippen molar-refractivity contribution in [2.45, 2.75) is 32.5 Å². The summed E-state index contributed by atoms with van der Waals surface area (Å²) < 4.78 is 29.9. The first-order valence-electron chi connectivity index (χ1n) is 8.58. The SMILES string of the molecule is COC(=S)NC[C@H]1CN(c2ccc(N(C)C(=O)OC(C)(C)C)c(F)c2)C(=O)O1. The Morgan fingerprint density at radius 2 is 2.14 bits per heavy atom. The number of rotatable bonds is 4. The van der Waals surface area contributed by atoms with Crippen LogP contribution < -0.4 is 15.1 Å². The third-order valence-electron chi connectivity index (χ3n) is 3.81. The summed E-state index contributed by atoms with van der Waals surface area (Å²) in [6.07, 6.45) is -1.74. The second-order valence-electron chi connectivity index (χ2n) is 7.16. The lowest BCUT2D eigenvalue weighted by atomic mass is 10.2. The summed E-state index contributed by atoms with van der Waals surface area (Å²) in [7, 11) is 2.84. The Balaban J connectivity index is 2.08. The second kappa shape index (κ2) is 8.59. The van der Waals surface area contributed by atoms with E-state index in [1.54, 1.807) is 20.8 Å². The molecular formula is C18H24FN3O5S. The topological polar surface area (TPSA) is 80.3 Å². The standard InChI is InChI=1S/C18H24FN3O5S/c1-18(2,3)27-16(23)21(4)14-7-6-11(8-13(14)19)22-10-12(26-17(22)24)9-20-15(28)25-5/h6-8,12H,9-10H2,1-5H3,(H,20,28)/t12-/m0/s1. The molecule has 1 aromatic rings. The number of ether oxygens (including phenoxy) is 3. The van der Waals surface area contributed by atoms with Gasteiger partial charge in [-0.25, -0.2) is 14.0 Å². The molecule has 1 aromatic carbocycles.